The number of hydrogen-bond donors (Lipinski definition) is 1. The molecule has 0 spiro atoms. The standard InChI is InChI=1S/C18H17NO5/c1-12-3-5-14(6-4-12)18(22)24-11-16(20)19-15-9-7-13(8-10-15)17(21)23-2/h3-10H,11H2,1-2H3,(H,19,20). The zero-order chi connectivity index (χ0) is 17.5. The molecule has 1 amide bonds. The van der Waals surface area contributed by atoms with E-state index < -0.39 is 24.5 Å². The third-order valence-corrected chi connectivity index (χ3v) is 3.21. The fourth-order valence-electron chi connectivity index (χ4n) is 1.91. The highest BCUT2D eigenvalue weighted by Gasteiger charge is 2.11. The smallest absolute Gasteiger partial charge is 0.338 e. The average Bonchev–Trinajstić information content (AvgIpc) is 2.60. The van der Waals surface area contributed by atoms with E-state index in [4.69, 9.17) is 4.74 Å². The molecule has 0 bridgehead atoms. The number of carbonyl (C=O) groups is 3. The van der Waals surface area contributed by atoms with Crippen molar-refractivity contribution in [2.24, 2.45) is 0 Å². The summed E-state index contributed by atoms with van der Waals surface area (Å²) in [7, 11) is 1.29. The van der Waals surface area contributed by atoms with Crippen molar-refractivity contribution in [1.29, 1.82) is 0 Å². The number of esters is 2. The highest BCUT2D eigenvalue weighted by molar-refractivity contribution is 5.96. The summed E-state index contributed by atoms with van der Waals surface area (Å²) < 4.78 is 9.54. The van der Waals surface area contributed by atoms with E-state index in [2.05, 4.69) is 10.1 Å². The normalized spacial score (nSPS) is 9.92. The van der Waals surface area contributed by atoms with Crippen LogP contribution in [0, 0.1) is 6.92 Å². The van der Waals surface area contributed by atoms with Crippen LogP contribution in [0.1, 0.15) is 26.3 Å². The molecular weight excluding hydrogens is 310 g/mol. The lowest BCUT2D eigenvalue weighted by Gasteiger charge is -2.07. The second kappa shape index (κ2) is 7.92. The number of benzene rings is 2. The van der Waals surface area contributed by atoms with E-state index in [1.807, 2.05) is 6.92 Å². The molecule has 124 valence electrons. The zero-order valence-electron chi connectivity index (χ0n) is 13.4. The Balaban J connectivity index is 1.85. The lowest BCUT2D eigenvalue weighted by atomic mass is 10.1. The fraction of sp³-hybridized carbons (Fsp3) is 0.167. The van der Waals surface area contributed by atoms with Crippen LogP contribution in [0.4, 0.5) is 5.69 Å². The Morgan fingerprint density at radius 3 is 2.00 bits per heavy atom. The summed E-state index contributed by atoms with van der Waals surface area (Å²) in [6.07, 6.45) is 0. The van der Waals surface area contributed by atoms with Crippen molar-refractivity contribution in [1.82, 2.24) is 0 Å². The van der Waals surface area contributed by atoms with E-state index in [9.17, 15) is 14.4 Å². The molecule has 0 aliphatic rings. The predicted molar refractivity (Wildman–Crippen MR) is 87.9 cm³/mol. The number of rotatable bonds is 5. The maximum absolute atomic E-state index is 11.8. The molecule has 6 nitrogen and oxygen atoms in total. The van der Waals surface area contributed by atoms with Crippen LogP contribution >= 0.6 is 0 Å². The van der Waals surface area contributed by atoms with Gasteiger partial charge in [-0.25, -0.2) is 9.59 Å². The van der Waals surface area contributed by atoms with Crippen molar-refractivity contribution in [2.75, 3.05) is 19.0 Å². The number of ether oxygens (including phenoxy) is 2. The van der Waals surface area contributed by atoms with Gasteiger partial charge in [0.15, 0.2) is 6.61 Å². The van der Waals surface area contributed by atoms with Gasteiger partial charge in [-0.3, -0.25) is 4.79 Å². The maximum atomic E-state index is 11.8. The second-order valence-electron chi connectivity index (χ2n) is 5.06. The quantitative estimate of drug-likeness (QED) is 0.854. The van der Waals surface area contributed by atoms with E-state index >= 15 is 0 Å². The van der Waals surface area contributed by atoms with E-state index in [-0.39, 0.29) is 0 Å². The van der Waals surface area contributed by atoms with Crippen LogP contribution in [-0.2, 0) is 14.3 Å². The van der Waals surface area contributed by atoms with Crippen molar-refractivity contribution in [3.63, 3.8) is 0 Å². The first-order chi connectivity index (χ1) is 11.5. The minimum absolute atomic E-state index is 0.376. The van der Waals surface area contributed by atoms with Gasteiger partial charge in [-0.2, -0.15) is 0 Å². The van der Waals surface area contributed by atoms with Crippen molar-refractivity contribution in [3.8, 4) is 0 Å². The summed E-state index contributed by atoms with van der Waals surface area (Å²) in [6.45, 7) is 1.51. The first-order valence-corrected chi connectivity index (χ1v) is 7.21. The lowest BCUT2D eigenvalue weighted by Crippen LogP contribution is -2.21. The number of methoxy groups -OCH3 is 1. The van der Waals surface area contributed by atoms with Gasteiger partial charge < -0.3 is 14.8 Å². The summed E-state index contributed by atoms with van der Waals surface area (Å²) in [5, 5.41) is 2.57. The first-order valence-electron chi connectivity index (χ1n) is 7.21. The van der Waals surface area contributed by atoms with Gasteiger partial charge in [-0.15, -0.1) is 0 Å². The molecule has 2 aromatic carbocycles. The van der Waals surface area contributed by atoms with E-state index in [0.29, 0.717) is 16.8 Å². The molecule has 0 atom stereocenters. The van der Waals surface area contributed by atoms with Crippen LogP contribution in [-0.4, -0.2) is 31.6 Å². The van der Waals surface area contributed by atoms with Gasteiger partial charge in [-0.05, 0) is 43.3 Å². The third kappa shape index (κ3) is 4.67. The van der Waals surface area contributed by atoms with Gasteiger partial charge >= 0.3 is 11.9 Å². The Bertz CT molecular complexity index is 735. The molecular formula is C18H17NO5. The summed E-state index contributed by atoms with van der Waals surface area (Å²) in [4.78, 5) is 34.9. The SMILES string of the molecule is COC(=O)c1ccc(NC(=O)COC(=O)c2ccc(C)cc2)cc1. The van der Waals surface area contributed by atoms with Gasteiger partial charge in [0.2, 0.25) is 0 Å². The van der Waals surface area contributed by atoms with Crippen LogP contribution in [0.5, 0.6) is 0 Å². The Morgan fingerprint density at radius 2 is 1.42 bits per heavy atom. The highest BCUT2D eigenvalue weighted by atomic mass is 16.5. The number of amides is 1. The molecule has 2 rings (SSSR count). The Labute approximate surface area is 139 Å². The number of carbonyl (C=O) groups excluding carboxylic acids is 3. The highest BCUT2D eigenvalue weighted by Crippen LogP contribution is 2.10. The topological polar surface area (TPSA) is 81.7 Å². The fourth-order valence-corrected chi connectivity index (χ4v) is 1.91. The summed E-state index contributed by atoms with van der Waals surface area (Å²) in [6, 6.07) is 13.0. The predicted octanol–water partition coefficient (Wildman–Crippen LogP) is 2.58. The lowest BCUT2D eigenvalue weighted by molar-refractivity contribution is -0.119. The monoisotopic (exact) mass is 327 g/mol. The van der Waals surface area contributed by atoms with Crippen LogP contribution in [0.3, 0.4) is 0 Å². The summed E-state index contributed by atoms with van der Waals surface area (Å²) >= 11 is 0. The van der Waals surface area contributed by atoms with Crippen LogP contribution in [0.15, 0.2) is 48.5 Å². The molecule has 0 heterocycles. The molecule has 24 heavy (non-hydrogen) atoms. The van der Waals surface area contributed by atoms with Gasteiger partial charge in [0.05, 0.1) is 18.2 Å². The van der Waals surface area contributed by atoms with Gasteiger partial charge in [-0.1, -0.05) is 17.7 Å². The molecule has 0 unspecified atom stereocenters. The van der Waals surface area contributed by atoms with E-state index in [1.165, 1.54) is 19.2 Å². The van der Waals surface area contributed by atoms with E-state index in [1.54, 1.807) is 36.4 Å². The van der Waals surface area contributed by atoms with Crippen molar-refractivity contribution < 1.29 is 23.9 Å². The largest absolute Gasteiger partial charge is 0.465 e. The number of aryl methyl sites for hydroxylation is 1. The van der Waals surface area contributed by atoms with Crippen molar-refractivity contribution in [2.45, 2.75) is 6.92 Å². The van der Waals surface area contributed by atoms with Crippen molar-refractivity contribution >= 4 is 23.5 Å². The molecule has 0 saturated carbocycles. The molecule has 6 heteroatoms. The van der Waals surface area contributed by atoms with Crippen LogP contribution in [0.25, 0.3) is 0 Å². The second-order valence-corrected chi connectivity index (χ2v) is 5.06. The number of anilines is 1. The van der Waals surface area contributed by atoms with Gasteiger partial charge in [0.25, 0.3) is 5.91 Å². The molecule has 1 N–H and O–H groups in total. The minimum atomic E-state index is -0.564. The molecule has 0 aliphatic carbocycles. The maximum Gasteiger partial charge on any atom is 0.338 e. The zero-order valence-corrected chi connectivity index (χ0v) is 13.4. The Morgan fingerprint density at radius 1 is 0.875 bits per heavy atom. The molecule has 0 radical (unpaired) electrons. The Kier molecular flexibility index (Phi) is 5.68. The minimum Gasteiger partial charge on any atom is -0.465 e. The first kappa shape index (κ1) is 17.2. The van der Waals surface area contributed by atoms with Gasteiger partial charge in [0.1, 0.15) is 0 Å². The molecule has 2 aromatic rings. The third-order valence-electron chi connectivity index (χ3n) is 3.21. The number of hydrogen-bond acceptors (Lipinski definition) is 5. The average molecular weight is 327 g/mol. The van der Waals surface area contributed by atoms with Crippen LogP contribution in [0.2, 0.25) is 0 Å². The van der Waals surface area contributed by atoms with Crippen LogP contribution < -0.4 is 5.32 Å². The molecule has 0 aliphatic heterocycles. The molecule has 0 aromatic heterocycles. The molecule has 0 saturated heterocycles. The van der Waals surface area contributed by atoms with E-state index in [0.717, 1.165) is 5.56 Å². The van der Waals surface area contributed by atoms with Crippen molar-refractivity contribution in [3.05, 3.63) is 65.2 Å². The van der Waals surface area contributed by atoms with Gasteiger partial charge in [0, 0.05) is 5.69 Å². The summed E-state index contributed by atoms with van der Waals surface area (Å²) in [5.41, 5.74) is 2.27. The number of nitrogens with one attached hydrogen (secondary N) is 1. The molecule has 0 fully saturated rings. The summed E-state index contributed by atoms with van der Waals surface area (Å²) in [5.74, 6) is -1.49. The Hall–Kier alpha value is -3.15.